The van der Waals surface area contributed by atoms with Crippen molar-refractivity contribution < 1.29 is 24.2 Å². The minimum atomic E-state index is -1.89. The Morgan fingerprint density at radius 2 is 1.74 bits per heavy atom. The molecule has 0 spiro atoms. The van der Waals surface area contributed by atoms with E-state index in [-0.39, 0.29) is 11.3 Å². The number of benzene rings is 3. The van der Waals surface area contributed by atoms with Crippen LogP contribution >= 0.6 is 0 Å². The van der Waals surface area contributed by atoms with Crippen LogP contribution in [0.1, 0.15) is 27.2 Å². The van der Waals surface area contributed by atoms with Crippen molar-refractivity contribution in [3.8, 4) is 16.9 Å². The molecule has 0 aliphatic carbocycles. The zero-order valence-electron chi connectivity index (χ0n) is 18.9. The van der Waals surface area contributed by atoms with Crippen molar-refractivity contribution in [1.29, 1.82) is 0 Å². The number of hydrogen-bond donors (Lipinski definition) is 2. The van der Waals surface area contributed by atoms with E-state index in [0.717, 1.165) is 27.9 Å². The number of carboxylic acid groups (broad SMARTS) is 1. The third-order valence-corrected chi connectivity index (χ3v) is 6.47. The highest BCUT2D eigenvalue weighted by Gasteiger charge is 2.41. The van der Waals surface area contributed by atoms with E-state index in [4.69, 9.17) is 10.5 Å². The van der Waals surface area contributed by atoms with E-state index < -0.39 is 23.6 Å². The normalized spacial score (nSPS) is 15.1. The summed E-state index contributed by atoms with van der Waals surface area (Å²) in [5, 5.41) is 9.81. The summed E-state index contributed by atoms with van der Waals surface area (Å²) >= 11 is 0. The van der Waals surface area contributed by atoms with Crippen LogP contribution in [0.15, 0.2) is 67.2 Å². The maximum absolute atomic E-state index is 12.6. The average molecular weight is 466 g/mol. The first-order valence-corrected chi connectivity index (χ1v) is 11.0. The average Bonchev–Trinajstić information content (AvgIpc) is 3.11. The molecule has 2 heterocycles. The number of Topliss-reactive ketones (excluding diaryl/α,β-unsaturated/α-hetero) is 2. The maximum Gasteiger partial charge on any atom is 0.353 e. The molecule has 1 aromatic heterocycles. The van der Waals surface area contributed by atoms with E-state index in [9.17, 15) is 19.5 Å². The summed E-state index contributed by atoms with van der Waals surface area (Å²) in [6.07, 6.45) is -0.0684. The molecule has 0 fully saturated rings. The summed E-state index contributed by atoms with van der Waals surface area (Å²) < 4.78 is 7.54. The lowest BCUT2D eigenvalue weighted by Gasteiger charge is -2.22. The molecule has 174 valence electrons. The lowest BCUT2D eigenvalue weighted by atomic mass is 9.95. The minimum Gasteiger partial charge on any atom is -0.478 e. The van der Waals surface area contributed by atoms with Crippen molar-refractivity contribution in [2.24, 2.45) is 0 Å². The van der Waals surface area contributed by atoms with Crippen LogP contribution in [-0.4, -0.2) is 33.3 Å². The molecular formula is C28H22N2O5. The van der Waals surface area contributed by atoms with Crippen molar-refractivity contribution in [2.45, 2.75) is 19.6 Å². The molecule has 4 aromatic rings. The predicted molar refractivity (Wildman–Crippen MR) is 134 cm³/mol. The molecule has 1 aliphatic heterocycles. The molecule has 0 saturated carbocycles. The molecule has 0 bridgehead atoms. The first kappa shape index (κ1) is 22.2. The molecule has 35 heavy (non-hydrogen) atoms. The molecule has 1 unspecified atom stereocenters. The van der Waals surface area contributed by atoms with Crippen LogP contribution in [0.4, 0.5) is 5.69 Å². The summed E-state index contributed by atoms with van der Waals surface area (Å²) in [6.45, 7) is 6.25. The number of anilines is 1. The number of aromatic nitrogens is 1. The van der Waals surface area contributed by atoms with Gasteiger partial charge in [-0.2, -0.15) is 0 Å². The molecule has 7 heteroatoms. The van der Waals surface area contributed by atoms with Crippen molar-refractivity contribution in [1.82, 2.24) is 4.57 Å². The van der Waals surface area contributed by atoms with Crippen molar-refractivity contribution >= 4 is 40.2 Å². The first-order chi connectivity index (χ1) is 16.8. The fourth-order valence-electron chi connectivity index (χ4n) is 4.67. The molecule has 0 saturated heterocycles. The van der Waals surface area contributed by atoms with Crippen LogP contribution in [0, 0.1) is 6.92 Å². The zero-order valence-corrected chi connectivity index (χ0v) is 18.9. The van der Waals surface area contributed by atoms with Crippen LogP contribution in [0.3, 0.4) is 0 Å². The maximum atomic E-state index is 12.6. The number of ketones is 2. The smallest absolute Gasteiger partial charge is 0.353 e. The third kappa shape index (κ3) is 3.40. The van der Waals surface area contributed by atoms with Gasteiger partial charge in [0.1, 0.15) is 5.75 Å². The van der Waals surface area contributed by atoms with E-state index in [1.54, 1.807) is 6.07 Å². The Balaban J connectivity index is 1.68. The Morgan fingerprint density at radius 1 is 1.06 bits per heavy atom. The molecule has 3 N–H and O–H groups in total. The van der Waals surface area contributed by atoms with E-state index in [1.807, 2.05) is 60.0 Å². The molecule has 7 nitrogen and oxygen atoms in total. The molecule has 1 aliphatic rings. The topological polar surface area (TPSA) is 112 Å². The number of aliphatic carboxylic acids is 1. The van der Waals surface area contributed by atoms with Crippen LogP contribution in [-0.2, 0) is 16.1 Å². The monoisotopic (exact) mass is 466 g/mol. The lowest BCUT2D eigenvalue weighted by molar-refractivity contribution is -0.149. The Labute approximate surface area is 201 Å². The largest absolute Gasteiger partial charge is 0.478 e. The molecule has 0 amide bonds. The Hall–Kier alpha value is -4.65. The van der Waals surface area contributed by atoms with Crippen molar-refractivity contribution in [2.75, 3.05) is 5.73 Å². The van der Waals surface area contributed by atoms with Gasteiger partial charge in [-0.25, -0.2) is 4.79 Å². The Bertz CT molecular complexity index is 1560. The van der Waals surface area contributed by atoms with Gasteiger partial charge in [-0.05, 0) is 41.3 Å². The second-order valence-corrected chi connectivity index (χ2v) is 8.40. The Morgan fingerprint density at radius 3 is 2.46 bits per heavy atom. The van der Waals surface area contributed by atoms with Gasteiger partial charge in [-0.3, -0.25) is 9.59 Å². The molecule has 0 radical (unpaired) electrons. The Kier molecular flexibility index (Phi) is 5.25. The second-order valence-electron chi connectivity index (χ2n) is 8.40. The van der Waals surface area contributed by atoms with Crippen LogP contribution in [0.5, 0.6) is 5.75 Å². The quantitative estimate of drug-likeness (QED) is 0.331. The number of rotatable bonds is 5. The number of nitrogens with two attached hydrogens (primary N) is 1. The van der Waals surface area contributed by atoms with E-state index in [2.05, 4.69) is 12.6 Å². The lowest BCUT2D eigenvalue weighted by Crippen LogP contribution is -2.43. The van der Waals surface area contributed by atoms with Crippen molar-refractivity contribution in [3.05, 3.63) is 89.6 Å². The predicted octanol–water partition coefficient (Wildman–Crippen LogP) is 4.49. The summed E-state index contributed by atoms with van der Waals surface area (Å²) in [7, 11) is 0. The van der Waals surface area contributed by atoms with Gasteiger partial charge in [-0.1, -0.05) is 61.2 Å². The molecule has 3 aromatic carbocycles. The molecule has 5 rings (SSSR count). The molecular weight excluding hydrogens is 444 g/mol. The van der Waals surface area contributed by atoms with Gasteiger partial charge in [0, 0.05) is 12.2 Å². The standard InChI is InChI=1S/C28H22N2O5/c1-3-16-8-4-6-10-18(16)19-11-7-5-9-17(19)14-30-15(2)23(29)22-21(30)13-12-20-24(31)25(32)27(28(33)34)35-26(20)22/h3-13,27H,1,14,29H2,2H3,(H,33,34). The van der Waals surface area contributed by atoms with E-state index in [1.165, 1.54) is 6.07 Å². The van der Waals surface area contributed by atoms with Gasteiger partial charge in [0.15, 0.2) is 0 Å². The number of ether oxygens (including phenoxy) is 1. The van der Waals surface area contributed by atoms with E-state index >= 15 is 0 Å². The van der Waals surface area contributed by atoms with Gasteiger partial charge in [-0.15, -0.1) is 0 Å². The van der Waals surface area contributed by atoms with Gasteiger partial charge < -0.3 is 20.1 Å². The fourth-order valence-corrected chi connectivity index (χ4v) is 4.67. The van der Waals surface area contributed by atoms with Crippen molar-refractivity contribution in [3.63, 3.8) is 0 Å². The zero-order chi connectivity index (χ0) is 24.9. The number of carboxylic acids is 1. The van der Waals surface area contributed by atoms with Gasteiger partial charge in [0.2, 0.25) is 5.78 Å². The number of carbonyl (C=O) groups excluding carboxylic acids is 2. The number of carbonyl (C=O) groups is 3. The highest BCUT2D eigenvalue weighted by molar-refractivity contribution is 6.49. The fraction of sp³-hybridized carbons (Fsp3) is 0.107. The number of nitrogen functional groups attached to an aromatic ring is 1. The highest BCUT2D eigenvalue weighted by Crippen LogP contribution is 2.41. The minimum absolute atomic E-state index is 0.0177. The summed E-state index contributed by atoms with van der Waals surface area (Å²) in [5.41, 5.74) is 12.4. The highest BCUT2D eigenvalue weighted by atomic mass is 16.5. The SMILES string of the molecule is C=Cc1ccccc1-c1ccccc1Cn1c(C)c(N)c2c3c(ccc21)C(=O)C(=O)C(C(=O)O)O3. The number of fused-ring (bicyclic) bond motifs is 3. The van der Waals surface area contributed by atoms with Crippen LogP contribution < -0.4 is 10.5 Å². The van der Waals surface area contributed by atoms with Gasteiger partial charge in [0.05, 0.1) is 22.2 Å². The van der Waals surface area contributed by atoms with Gasteiger partial charge in [0.25, 0.3) is 11.9 Å². The number of nitrogens with zero attached hydrogens (tertiary/aromatic N) is 1. The summed E-state index contributed by atoms with van der Waals surface area (Å²) in [5.74, 6) is -3.48. The third-order valence-electron chi connectivity index (χ3n) is 6.47. The van der Waals surface area contributed by atoms with Crippen LogP contribution in [0.25, 0.3) is 28.1 Å². The van der Waals surface area contributed by atoms with E-state index in [0.29, 0.717) is 23.1 Å². The molecule has 1 atom stereocenters. The van der Waals surface area contributed by atoms with Crippen LogP contribution in [0.2, 0.25) is 0 Å². The first-order valence-electron chi connectivity index (χ1n) is 11.0. The second kappa shape index (κ2) is 8.29. The van der Waals surface area contributed by atoms with Gasteiger partial charge >= 0.3 is 5.97 Å². The number of hydrogen-bond acceptors (Lipinski definition) is 5. The summed E-state index contributed by atoms with van der Waals surface area (Å²) in [4.78, 5) is 36.3. The summed E-state index contributed by atoms with van der Waals surface area (Å²) in [6, 6.07) is 19.2.